The molecule has 0 saturated heterocycles. The molecule has 0 aliphatic heterocycles. The molecule has 0 bridgehead atoms. The van der Waals surface area contributed by atoms with Gasteiger partial charge in [0.1, 0.15) is 5.69 Å². The summed E-state index contributed by atoms with van der Waals surface area (Å²) in [5.74, 6) is -5.49. The molecule has 0 spiro atoms. The summed E-state index contributed by atoms with van der Waals surface area (Å²) in [6.07, 6.45) is 2.56. The van der Waals surface area contributed by atoms with Crippen LogP contribution < -0.4 is 5.32 Å². The number of rotatable bonds is 2. The predicted molar refractivity (Wildman–Crippen MR) is 61.3 cm³/mol. The minimum absolute atomic E-state index is 0.151. The molecule has 1 aromatic carbocycles. The van der Waals surface area contributed by atoms with Crippen molar-refractivity contribution in [2.45, 2.75) is 39.2 Å². The second kappa shape index (κ2) is 4.44. The van der Waals surface area contributed by atoms with Crippen LogP contribution in [0.5, 0.6) is 0 Å². The normalized spacial score (nSPS) is 22.2. The highest BCUT2D eigenvalue weighted by atomic mass is 19.2. The standard InChI is InChI=1S/C13H15F4N/c1-13(2)5-3-4-9(13)18-12-10(16)7(14)6-8(15)11(12)17/h6,9,18H,3-5H2,1-2H3. The molecule has 5 heteroatoms. The zero-order valence-corrected chi connectivity index (χ0v) is 10.3. The Bertz CT molecular complexity index is 444. The molecule has 1 aliphatic rings. The maximum absolute atomic E-state index is 13.5. The van der Waals surface area contributed by atoms with Gasteiger partial charge in [0, 0.05) is 12.1 Å². The molecule has 1 aliphatic carbocycles. The van der Waals surface area contributed by atoms with Gasteiger partial charge in [-0.3, -0.25) is 0 Å². The highest BCUT2D eigenvalue weighted by Crippen LogP contribution is 2.40. The van der Waals surface area contributed by atoms with Crippen molar-refractivity contribution in [2.75, 3.05) is 5.32 Å². The van der Waals surface area contributed by atoms with Gasteiger partial charge in [-0.1, -0.05) is 20.3 Å². The van der Waals surface area contributed by atoms with Crippen LogP contribution in [0.25, 0.3) is 0 Å². The van der Waals surface area contributed by atoms with E-state index in [0.29, 0.717) is 0 Å². The molecule has 18 heavy (non-hydrogen) atoms. The van der Waals surface area contributed by atoms with Crippen LogP contribution in [0.1, 0.15) is 33.1 Å². The Labute approximate surface area is 103 Å². The summed E-state index contributed by atoms with van der Waals surface area (Å²) >= 11 is 0. The molecule has 1 atom stereocenters. The van der Waals surface area contributed by atoms with Crippen molar-refractivity contribution >= 4 is 5.69 Å². The fourth-order valence-corrected chi connectivity index (χ4v) is 2.47. The summed E-state index contributed by atoms with van der Waals surface area (Å²) in [7, 11) is 0. The fourth-order valence-electron chi connectivity index (χ4n) is 2.47. The van der Waals surface area contributed by atoms with E-state index >= 15 is 0 Å². The van der Waals surface area contributed by atoms with Crippen molar-refractivity contribution in [1.82, 2.24) is 0 Å². The van der Waals surface area contributed by atoms with E-state index in [9.17, 15) is 17.6 Å². The quantitative estimate of drug-likeness (QED) is 0.620. The van der Waals surface area contributed by atoms with Gasteiger partial charge < -0.3 is 5.32 Å². The van der Waals surface area contributed by atoms with E-state index in [1.165, 1.54) is 0 Å². The van der Waals surface area contributed by atoms with Gasteiger partial charge in [0.25, 0.3) is 0 Å². The first-order chi connectivity index (χ1) is 8.33. The van der Waals surface area contributed by atoms with Crippen molar-refractivity contribution in [3.05, 3.63) is 29.3 Å². The lowest BCUT2D eigenvalue weighted by Gasteiger charge is -2.29. The van der Waals surface area contributed by atoms with Crippen LogP contribution >= 0.6 is 0 Å². The van der Waals surface area contributed by atoms with Crippen LogP contribution in [0.3, 0.4) is 0 Å². The van der Waals surface area contributed by atoms with E-state index in [0.717, 1.165) is 19.3 Å². The van der Waals surface area contributed by atoms with E-state index in [4.69, 9.17) is 0 Å². The minimum atomic E-state index is -1.38. The highest BCUT2D eigenvalue weighted by molar-refractivity contribution is 5.48. The molecule has 1 fully saturated rings. The van der Waals surface area contributed by atoms with Gasteiger partial charge in [-0.05, 0) is 18.3 Å². The van der Waals surface area contributed by atoms with Gasteiger partial charge in [0.15, 0.2) is 23.3 Å². The zero-order valence-electron chi connectivity index (χ0n) is 10.3. The SMILES string of the molecule is CC1(C)CCCC1Nc1c(F)c(F)cc(F)c1F. The predicted octanol–water partition coefficient (Wildman–Crippen LogP) is 4.23. The Kier molecular flexibility index (Phi) is 3.25. The summed E-state index contributed by atoms with van der Waals surface area (Å²) in [5.41, 5.74) is -0.853. The zero-order chi connectivity index (χ0) is 13.5. The summed E-state index contributed by atoms with van der Waals surface area (Å²) in [4.78, 5) is 0. The van der Waals surface area contributed by atoms with E-state index < -0.39 is 29.0 Å². The maximum atomic E-state index is 13.5. The second-order valence-corrected chi connectivity index (χ2v) is 5.42. The van der Waals surface area contributed by atoms with Crippen LogP contribution in [0.4, 0.5) is 23.2 Å². The molecule has 1 unspecified atom stereocenters. The number of anilines is 1. The molecule has 1 N–H and O–H groups in total. The summed E-state index contributed by atoms with van der Waals surface area (Å²) in [6.45, 7) is 3.92. The van der Waals surface area contributed by atoms with Crippen LogP contribution in [0.2, 0.25) is 0 Å². The van der Waals surface area contributed by atoms with E-state index in [1.54, 1.807) is 0 Å². The Balaban J connectivity index is 2.35. The Morgan fingerprint density at radius 3 is 2.11 bits per heavy atom. The first-order valence-corrected chi connectivity index (χ1v) is 5.92. The van der Waals surface area contributed by atoms with Gasteiger partial charge in [-0.25, -0.2) is 17.6 Å². The molecule has 2 rings (SSSR count). The topological polar surface area (TPSA) is 12.0 Å². The van der Waals surface area contributed by atoms with Crippen LogP contribution in [0.15, 0.2) is 6.07 Å². The van der Waals surface area contributed by atoms with E-state index in [2.05, 4.69) is 5.32 Å². The molecule has 0 aromatic heterocycles. The van der Waals surface area contributed by atoms with Gasteiger partial charge in [-0.15, -0.1) is 0 Å². The Morgan fingerprint density at radius 1 is 1.11 bits per heavy atom. The van der Waals surface area contributed by atoms with Gasteiger partial charge in [-0.2, -0.15) is 0 Å². The first-order valence-electron chi connectivity index (χ1n) is 5.92. The first kappa shape index (κ1) is 13.2. The molecule has 0 heterocycles. The molecule has 0 amide bonds. The third-order valence-corrected chi connectivity index (χ3v) is 3.69. The molecule has 1 saturated carbocycles. The molecule has 0 radical (unpaired) electrons. The fraction of sp³-hybridized carbons (Fsp3) is 0.538. The average Bonchev–Trinajstić information content (AvgIpc) is 2.61. The minimum Gasteiger partial charge on any atom is -0.377 e. The molecular formula is C13H15F4N. The van der Waals surface area contributed by atoms with Crippen molar-refractivity contribution in [3.63, 3.8) is 0 Å². The third-order valence-electron chi connectivity index (χ3n) is 3.69. The van der Waals surface area contributed by atoms with Crippen molar-refractivity contribution in [3.8, 4) is 0 Å². The van der Waals surface area contributed by atoms with Crippen molar-refractivity contribution in [1.29, 1.82) is 0 Å². The Morgan fingerprint density at radius 2 is 1.67 bits per heavy atom. The smallest absolute Gasteiger partial charge is 0.185 e. The summed E-state index contributed by atoms with van der Waals surface area (Å²) in [6, 6.07) is 0.0260. The van der Waals surface area contributed by atoms with Crippen molar-refractivity contribution < 1.29 is 17.6 Å². The van der Waals surface area contributed by atoms with E-state index in [1.807, 2.05) is 13.8 Å². The number of halogens is 4. The van der Waals surface area contributed by atoms with Gasteiger partial charge in [0.2, 0.25) is 0 Å². The lowest BCUT2D eigenvalue weighted by molar-refractivity contribution is 0.346. The lowest BCUT2D eigenvalue weighted by atomic mass is 9.87. The number of nitrogens with one attached hydrogen (secondary N) is 1. The third kappa shape index (κ3) is 2.18. The highest BCUT2D eigenvalue weighted by Gasteiger charge is 2.35. The number of benzene rings is 1. The lowest BCUT2D eigenvalue weighted by Crippen LogP contribution is -2.31. The van der Waals surface area contributed by atoms with E-state index in [-0.39, 0.29) is 17.5 Å². The van der Waals surface area contributed by atoms with Gasteiger partial charge in [0.05, 0.1) is 0 Å². The van der Waals surface area contributed by atoms with Crippen LogP contribution in [-0.2, 0) is 0 Å². The average molecular weight is 261 g/mol. The maximum Gasteiger partial charge on any atom is 0.185 e. The molecule has 1 aromatic rings. The number of hydrogen-bond donors (Lipinski definition) is 1. The molecule has 1 nitrogen and oxygen atoms in total. The second-order valence-electron chi connectivity index (χ2n) is 5.42. The number of hydrogen-bond acceptors (Lipinski definition) is 1. The van der Waals surface area contributed by atoms with Crippen molar-refractivity contribution in [2.24, 2.45) is 5.41 Å². The molecular weight excluding hydrogens is 246 g/mol. The monoisotopic (exact) mass is 261 g/mol. The summed E-state index contributed by atoms with van der Waals surface area (Å²) in [5, 5.41) is 2.62. The largest absolute Gasteiger partial charge is 0.377 e. The van der Waals surface area contributed by atoms with Crippen LogP contribution in [-0.4, -0.2) is 6.04 Å². The molecule has 100 valence electrons. The summed E-state index contributed by atoms with van der Waals surface area (Å²) < 4.78 is 53.1. The Hall–Kier alpha value is -1.26. The van der Waals surface area contributed by atoms with Crippen LogP contribution in [0, 0.1) is 28.7 Å². The van der Waals surface area contributed by atoms with Gasteiger partial charge >= 0.3 is 0 Å².